The number of hydrogen-bond acceptors (Lipinski definition) is 4. The highest BCUT2D eigenvalue weighted by Crippen LogP contribution is 2.23. The van der Waals surface area contributed by atoms with E-state index >= 15 is 0 Å². The van der Waals surface area contributed by atoms with Crippen LogP contribution in [0.4, 0.5) is 5.69 Å². The van der Waals surface area contributed by atoms with E-state index in [1.54, 1.807) is 0 Å². The van der Waals surface area contributed by atoms with E-state index in [1.807, 2.05) is 13.0 Å². The molecule has 2 aliphatic rings. The smallest absolute Gasteiger partial charge is 0.164 e. The summed E-state index contributed by atoms with van der Waals surface area (Å²) in [5, 5.41) is 0. The van der Waals surface area contributed by atoms with Crippen LogP contribution in [0.1, 0.15) is 42.2 Å². The molecule has 4 rings (SSSR count). The first kappa shape index (κ1) is 19.1. The topological polar surface area (TPSA) is 37.7 Å². The van der Waals surface area contributed by atoms with Crippen LogP contribution in [0.3, 0.4) is 0 Å². The van der Waals surface area contributed by atoms with Crippen molar-refractivity contribution in [3.8, 4) is 5.75 Å². The van der Waals surface area contributed by atoms with E-state index in [-0.39, 0.29) is 0 Å². The number of nitrogens with zero attached hydrogens (tertiary/aromatic N) is 3. The van der Waals surface area contributed by atoms with Gasteiger partial charge >= 0.3 is 0 Å². The fourth-order valence-electron chi connectivity index (χ4n) is 4.41. The van der Waals surface area contributed by atoms with Crippen molar-refractivity contribution < 1.29 is 9.53 Å². The van der Waals surface area contributed by atoms with Gasteiger partial charge in [0.05, 0.1) is 6.61 Å². The average molecular weight is 382 g/mol. The summed E-state index contributed by atoms with van der Waals surface area (Å²) in [6, 6.07) is 10.5. The number of aromatic nitrogens is 1. The molecule has 150 valence electrons. The second-order valence-electron chi connectivity index (χ2n) is 7.76. The van der Waals surface area contributed by atoms with Crippen molar-refractivity contribution in [1.82, 2.24) is 9.47 Å². The van der Waals surface area contributed by atoms with Gasteiger partial charge in [0.15, 0.2) is 5.78 Å². The van der Waals surface area contributed by atoms with Gasteiger partial charge in [-0.25, -0.2) is 0 Å². The molecule has 1 aromatic heterocycles. The normalized spacial score (nSPS) is 17.6. The number of ketones is 1. The fourth-order valence-corrected chi connectivity index (χ4v) is 4.41. The Morgan fingerprint density at radius 1 is 0.964 bits per heavy atom. The van der Waals surface area contributed by atoms with Crippen molar-refractivity contribution in [2.75, 3.05) is 44.2 Å². The molecule has 0 spiro atoms. The summed E-state index contributed by atoms with van der Waals surface area (Å²) in [5.41, 5.74) is 3.51. The third kappa shape index (κ3) is 4.25. The zero-order valence-corrected chi connectivity index (χ0v) is 16.9. The van der Waals surface area contributed by atoms with Crippen LogP contribution < -0.4 is 9.64 Å². The molecule has 1 aliphatic heterocycles. The monoisotopic (exact) mass is 381 g/mol. The molecule has 5 heteroatoms. The van der Waals surface area contributed by atoms with E-state index < -0.39 is 0 Å². The van der Waals surface area contributed by atoms with Gasteiger partial charge in [-0.2, -0.15) is 0 Å². The second kappa shape index (κ2) is 8.82. The lowest BCUT2D eigenvalue weighted by Crippen LogP contribution is -2.46. The lowest BCUT2D eigenvalue weighted by molar-refractivity contribution is 0.0971. The number of hydrogen-bond donors (Lipinski definition) is 0. The Hall–Kier alpha value is -2.27. The fraction of sp³-hybridized carbons (Fsp3) is 0.522. The van der Waals surface area contributed by atoms with E-state index in [0.29, 0.717) is 12.4 Å². The van der Waals surface area contributed by atoms with Gasteiger partial charge in [0.2, 0.25) is 0 Å². The predicted molar refractivity (Wildman–Crippen MR) is 113 cm³/mol. The quantitative estimate of drug-likeness (QED) is 0.734. The molecule has 0 saturated carbocycles. The van der Waals surface area contributed by atoms with Crippen LogP contribution in [-0.2, 0) is 13.0 Å². The highest BCUT2D eigenvalue weighted by atomic mass is 16.5. The molecule has 0 bridgehead atoms. The van der Waals surface area contributed by atoms with Crippen LogP contribution in [0.5, 0.6) is 5.75 Å². The molecular weight excluding hydrogens is 350 g/mol. The molecule has 0 radical (unpaired) electrons. The lowest BCUT2D eigenvalue weighted by atomic mass is 9.97. The van der Waals surface area contributed by atoms with Crippen LogP contribution in [0.25, 0.3) is 0 Å². The molecule has 0 amide bonds. The maximum Gasteiger partial charge on any atom is 0.164 e. The Balaban J connectivity index is 1.22. The van der Waals surface area contributed by atoms with E-state index in [0.717, 1.165) is 76.3 Å². The van der Waals surface area contributed by atoms with E-state index in [9.17, 15) is 4.79 Å². The van der Waals surface area contributed by atoms with Crippen molar-refractivity contribution in [2.24, 2.45) is 0 Å². The van der Waals surface area contributed by atoms with Crippen LogP contribution >= 0.6 is 0 Å². The first-order valence-corrected chi connectivity index (χ1v) is 10.7. The molecule has 1 saturated heterocycles. The van der Waals surface area contributed by atoms with Crippen molar-refractivity contribution in [3.05, 3.63) is 47.8 Å². The predicted octanol–water partition coefficient (Wildman–Crippen LogP) is 3.62. The molecule has 0 N–H and O–H groups in total. The Kier molecular flexibility index (Phi) is 6.01. The van der Waals surface area contributed by atoms with E-state index in [2.05, 4.69) is 44.8 Å². The first-order valence-electron chi connectivity index (χ1n) is 10.7. The maximum absolute atomic E-state index is 12.0. The zero-order chi connectivity index (χ0) is 19.3. The summed E-state index contributed by atoms with van der Waals surface area (Å²) in [6.45, 7) is 9.21. The van der Waals surface area contributed by atoms with Gasteiger partial charge in [-0.1, -0.05) is 0 Å². The molecule has 1 fully saturated rings. The number of aryl methyl sites for hydroxylation is 1. The number of Topliss-reactive ketones (excluding diaryl/α,β-unsaturated/α-hetero) is 1. The Labute approximate surface area is 167 Å². The lowest BCUT2D eigenvalue weighted by Gasteiger charge is -2.36. The number of carbonyl (C=O) groups excluding carboxylic acids is 1. The Morgan fingerprint density at radius 2 is 1.75 bits per heavy atom. The third-order valence-corrected chi connectivity index (χ3v) is 5.96. The number of benzene rings is 1. The summed E-state index contributed by atoms with van der Waals surface area (Å²) < 4.78 is 7.84. The van der Waals surface area contributed by atoms with Crippen molar-refractivity contribution in [3.63, 3.8) is 0 Å². The minimum absolute atomic E-state index is 0.324. The number of anilines is 1. The van der Waals surface area contributed by atoms with Gasteiger partial charge in [-0.05, 0) is 63.1 Å². The van der Waals surface area contributed by atoms with Gasteiger partial charge in [0, 0.05) is 62.3 Å². The highest BCUT2D eigenvalue weighted by Gasteiger charge is 2.21. The van der Waals surface area contributed by atoms with Crippen molar-refractivity contribution in [1.29, 1.82) is 0 Å². The van der Waals surface area contributed by atoms with Gasteiger partial charge in [-0.15, -0.1) is 0 Å². The standard InChI is InChI=1S/C23H31N3O2/c1-2-28-20-9-7-19(8-10-20)25-17-15-24(16-18-25)12-4-13-26-14-11-21-22(26)5-3-6-23(21)27/h7-11,14H,2-6,12-13,15-18H2,1H3. The second-order valence-corrected chi connectivity index (χ2v) is 7.76. The van der Waals surface area contributed by atoms with Gasteiger partial charge in [0.1, 0.15) is 5.75 Å². The van der Waals surface area contributed by atoms with Crippen molar-refractivity contribution >= 4 is 11.5 Å². The molecule has 5 nitrogen and oxygen atoms in total. The van der Waals surface area contributed by atoms with Crippen LogP contribution in [0, 0.1) is 0 Å². The molecular formula is C23H31N3O2. The van der Waals surface area contributed by atoms with E-state index in [4.69, 9.17) is 4.74 Å². The minimum atomic E-state index is 0.324. The molecule has 1 aliphatic carbocycles. The third-order valence-electron chi connectivity index (χ3n) is 5.96. The summed E-state index contributed by atoms with van der Waals surface area (Å²) >= 11 is 0. The highest BCUT2D eigenvalue weighted by molar-refractivity contribution is 5.98. The summed E-state index contributed by atoms with van der Waals surface area (Å²) in [5.74, 6) is 1.27. The van der Waals surface area contributed by atoms with E-state index in [1.165, 1.54) is 11.4 Å². The minimum Gasteiger partial charge on any atom is -0.494 e. The summed E-state index contributed by atoms with van der Waals surface area (Å²) in [4.78, 5) is 17.0. The summed E-state index contributed by atoms with van der Waals surface area (Å²) in [7, 11) is 0. The molecule has 1 aromatic carbocycles. The maximum atomic E-state index is 12.0. The van der Waals surface area contributed by atoms with Crippen LogP contribution in [0.15, 0.2) is 36.5 Å². The molecule has 2 aromatic rings. The molecule has 0 atom stereocenters. The number of rotatable bonds is 7. The Bertz CT molecular complexity index is 789. The largest absolute Gasteiger partial charge is 0.494 e. The molecule has 0 unspecified atom stereocenters. The van der Waals surface area contributed by atoms with Gasteiger partial charge in [-0.3, -0.25) is 9.69 Å². The average Bonchev–Trinajstić information content (AvgIpc) is 3.14. The summed E-state index contributed by atoms with van der Waals surface area (Å²) in [6.07, 6.45) is 6.02. The molecule has 2 heterocycles. The van der Waals surface area contributed by atoms with Gasteiger partial charge < -0.3 is 14.2 Å². The van der Waals surface area contributed by atoms with Crippen molar-refractivity contribution in [2.45, 2.75) is 39.2 Å². The SMILES string of the molecule is CCOc1ccc(N2CCN(CCCn3ccc4c3CCCC4=O)CC2)cc1. The Morgan fingerprint density at radius 3 is 2.50 bits per heavy atom. The number of ether oxygens (including phenoxy) is 1. The number of fused-ring (bicyclic) bond motifs is 1. The number of piperazine rings is 1. The first-order chi connectivity index (χ1) is 13.7. The molecule has 28 heavy (non-hydrogen) atoms. The van der Waals surface area contributed by atoms with Gasteiger partial charge in [0.25, 0.3) is 0 Å². The van der Waals surface area contributed by atoms with Crippen LogP contribution in [0.2, 0.25) is 0 Å². The number of carbonyl (C=O) groups is 1. The van der Waals surface area contributed by atoms with Crippen LogP contribution in [-0.4, -0.2) is 54.6 Å². The zero-order valence-electron chi connectivity index (χ0n) is 16.9.